The van der Waals surface area contributed by atoms with Crippen LogP contribution in [0.4, 0.5) is 17.1 Å². The highest BCUT2D eigenvalue weighted by molar-refractivity contribution is 9.10. The summed E-state index contributed by atoms with van der Waals surface area (Å²) in [4.78, 5) is 52.7. The van der Waals surface area contributed by atoms with E-state index in [-0.39, 0.29) is 48.3 Å². The van der Waals surface area contributed by atoms with Crippen molar-refractivity contribution in [3.63, 3.8) is 0 Å². The predicted molar refractivity (Wildman–Crippen MR) is 264 cm³/mol. The van der Waals surface area contributed by atoms with Gasteiger partial charge < -0.3 is 34.6 Å². The van der Waals surface area contributed by atoms with Crippen LogP contribution in [0.1, 0.15) is 48.4 Å². The Hall–Kier alpha value is -5.31. The van der Waals surface area contributed by atoms with E-state index in [0.717, 1.165) is 75.5 Å². The Morgan fingerprint density at radius 1 is 0.879 bits per heavy atom. The topological polar surface area (TPSA) is 115 Å². The molecule has 0 aromatic heterocycles. The molecule has 11 nitrogen and oxygen atoms in total. The van der Waals surface area contributed by atoms with Gasteiger partial charge in [0, 0.05) is 33.9 Å². The zero-order valence-electron chi connectivity index (χ0n) is 38.1. The first-order valence-electron chi connectivity index (χ1n) is 23.3. The fraction of sp³-hybridized carbons (Fsp3) is 0.377. The van der Waals surface area contributed by atoms with Crippen LogP contribution < -0.4 is 29.9 Å². The van der Waals surface area contributed by atoms with Crippen LogP contribution in [-0.2, 0) is 44.2 Å². The number of rotatable bonds is 10. The Labute approximate surface area is 396 Å². The molecule has 3 saturated heterocycles. The van der Waals surface area contributed by atoms with Crippen molar-refractivity contribution in [1.29, 1.82) is 0 Å². The van der Waals surface area contributed by atoms with Crippen LogP contribution in [0, 0.1) is 5.92 Å². The van der Waals surface area contributed by atoms with Crippen LogP contribution in [0.3, 0.4) is 0 Å². The van der Waals surface area contributed by atoms with E-state index in [1.165, 1.54) is 5.19 Å². The van der Waals surface area contributed by atoms with Gasteiger partial charge in [0.15, 0.2) is 5.60 Å². The van der Waals surface area contributed by atoms with E-state index in [9.17, 15) is 14.7 Å². The standard InChI is InChI=1S/C53H58BrN5O6Si/c1-35-49(66(3,4)44-21-19-43(64-2)20-22-44)47(30-48(61)56-32-38-11-9-8-10-37(38)28-42(56)33-60)65-53(35)45-29-39(54)16-23-46(45)57(51(53)63)31-36-14-17-40(18-15-36)58-34-59(41-12-6-5-7-13-41)52(50(58)62)24-26-55-27-25-52/h5-23,29,35,42,47,49,55,60H,24-28,30-34H2,1-4H3/t35-,42+,47+,49-,53+/m1/s1. The lowest BCUT2D eigenvalue weighted by Crippen LogP contribution is -2.55. The number of ether oxygens (including phenoxy) is 2. The summed E-state index contributed by atoms with van der Waals surface area (Å²) < 4.78 is 13.8. The molecule has 3 fully saturated rings. The van der Waals surface area contributed by atoms with E-state index >= 15 is 4.79 Å². The van der Waals surface area contributed by atoms with Gasteiger partial charge in [-0.1, -0.05) is 108 Å². The number of piperidine rings is 1. The van der Waals surface area contributed by atoms with Crippen molar-refractivity contribution in [3.8, 4) is 5.75 Å². The molecule has 5 aliphatic heterocycles. The van der Waals surface area contributed by atoms with Crippen molar-refractivity contribution in [1.82, 2.24) is 10.2 Å². The Morgan fingerprint density at radius 2 is 1.58 bits per heavy atom. The molecule has 0 unspecified atom stereocenters. The van der Waals surface area contributed by atoms with E-state index in [2.05, 4.69) is 82.6 Å². The molecule has 0 saturated carbocycles. The van der Waals surface area contributed by atoms with Crippen molar-refractivity contribution in [2.45, 2.75) is 87.6 Å². The first-order valence-corrected chi connectivity index (χ1v) is 27.1. The normalized spacial score (nSPS) is 24.6. The molecular formula is C53H58BrN5O6Si. The Balaban J connectivity index is 0.970. The quantitative estimate of drug-likeness (QED) is 0.139. The molecule has 10 rings (SSSR count). The van der Waals surface area contributed by atoms with Gasteiger partial charge in [-0.3, -0.25) is 19.3 Å². The van der Waals surface area contributed by atoms with Gasteiger partial charge >= 0.3 is 0 Å². The summed E-state index contributed by atoms with van der Waals surface area (Å²) in [5.41, 5.74) is 4.47. The van der Waals surface area contributed by atoms with Crippen LogP contribution in [0.25, 0.3) is 0 Å². The number of halogens is 1. The summed E-state index contributed by atoms with van der Waals surface area (Å²) in [7, 11) is -0.890. The lowest BCUT2D eigenvalue weighted by Gasteiger charge is -2.39. The Morgan fingerprint density at radius 3 is 2.27 bits per heavy atom. The Kier molecular flexibility index (Phi) is 11.7. The van der Waals surface area contributed by atoms with E-state index in [1.807, 2.05) is 99.6 Å². The molecule has 342 valence electrons. The highest BCUT2D eigenvalue weighted by Gasteiger charge is 2.66. The molecule has 66 heavy (non-hydrogen) atoms. The van der Waals surface area contributed by atoms with E-state index in [4.69, 9.17) is 9.47 Å². The van der Waals surface area contributed by atoms with Crippen molar-refractivity contribution < 1.29 is 29.0 Å². The zero-order chi connectivity index (χ0) is 46.0. The number of para-hydroxylation sites is 1. The second-order valence-electron chi connectivity index (χ2n) is 19.3. The minimum atomic E-state index is -2.55. The SMILES string of the molecule is COc1ccc([Si](C)(C)[C@H]2[C@H](CC(=O)N3Cc4ccccc4C[C@H]3CO)O[C@@]3(C(=O)N(Cc4ccc(N5CN(c6ccccc6)C6(CCNCC6)C5=O)cc4)c4ccc(Br)cc43)[C@@H]2C)cc1. The summed E-state index contributed by atoms with van der Waals surface area (Å²) in [5, 5.41) is 15.2. The number of aliphatic hydroxyl groups is 1. The molecule has 0 aliphatic carbocycles. The van der Waals surface area contributed by atoms with Gasteiger partial charge in [-0.2, -0.15) is 0 Å². The number of nitrogens with zero attached hydrogens (tertiary/aromatic N) is 4. The molecule has 5 aromatic carbocycles. The molecule has 5 heterocycles. The van der Waals surface area contributed by atoms with Crippen LogP contribution in [0.5, 0.6) is 5.75 Å². The van der Waals surface area contributed by atoms with Crippen molar-refractivity contribution in [2.75, 3.05) is 48.2 Å². The number of hydrogen-bond donors (Lipinski definition) is 2. The number of methoxy groups -OCH3 is 1. The second-order valence-corrected chi connectivity index (χ2v) is 24.9. The van der Waals surface area contributed by atoms with Gasteiger partial charge in [0.05, 0.1) is 59.3 Å². The van der Waals surface area contributed by atoms with Crippen molar-refractivity contribution in [3.05, 3.63) is 148 Å². The van der Waals surface area contributed by atoms with E-state index < -0.39 is 25.3 Å². The molecular weight excluding hydrogens is 911 g/mol. The van der Waals surface area contributed by atoms with E-state index in [1.54, 1.807) is 7.11 Å². The lowest BCUT2D eigenvalue weighted by atomic mass is 9.82. The first-order chi connectivity index (χ1) is 31.9. The van der Waals surface area contributed by atoms with Crippen LogP contribution in [-0.4, -0.2) is 87.0 Å². The number of fused-ring (bicyclic) bond motifs is 3. The third-order valence-corrected chi connectivity index (χ3v) is 20.4. The minimum absolute atomic E-state index is 0.0782. The largest absolute Gasteiger partial charge is 0.497 e. The average molecular weight is 969 g/mol. The smallest absolute Gasteiger partial charge is 0.264 e. The number of amides is 3. The molecule has 13 heteroatoms. The molecule has 0 bridgehead atoms. The summed E-state index contributed by atoms with van der Waals surface area (Å²) in [6, 6.07) is 40.3. The number of carbonyl (C=O) groups is 3. The van der Waals surface area contributed by atoms with Crippen LogP contribution in [0.2, 0.25) is 18.6 Å². The third kappa shape index (κ3) is 7.29. The summed E-state index contributed by atoms with van der Waals surface area (Å²) in [6.45, 7) is 9.37. The number of anilines is 3. The molecule has 5 aliphatic rings. The molecule has 0 radical (unpaired) electrons. The highest BCUT2D eigenvalue weighted by atomic mass is 79.9. The van der Waals surface area contributed by atoms with Gasteiger partial charge in [0.25, 0.3) is 11.8 Å². The lowest BCUT2D eigenvalue weighted by molar-refractivity contribution is -0.151. The van der Waals surface area contributed by atoms with Crippen molar-refractivity contribution >= 4 is 64.0 Å². The van der Waals surface area contributed by atoms with Gasteiger partial charge in [-0.25, -0.2) is 0 Å². The fourth-order valence-electron chi connectivity index (χ4n) is 12.1. The van der Waals surface area contributed by atoms with Gasteiger partial charge in [-0.05, 0) is 109 Å². The minimum Gasteiger partial charge on any atom is -0.497 e. The fourth-order valence-corrected chi connectivity index (χ4v) is 16.5. The highest BCUT2D eigenvalue weighted by Crippen LogP contribution is 2.60. The van der Waals surface area contributed by atoms with Crippen LogP contribution in [0.15, 0.2) is 126 Å². The molecule has 5 aromatic rings. The predicted octanol–water partition coefficient (Wildman–Crippen LogP) is 7.49. The zero-order valence-corrected chi connectivity index (χ0v) is 40.7. The summed E-state index contributed by atoms with van der Waals surface area (Å²) >= 11 is 3.74. The number of hydrogen-bond acceptors (Lipinski definition) is 8. The van der Waals surface area contributed by atoms with Gasteiger partial charge in [0.1, 0.15) is 11.3 Å². The number of nitrogens with one attached hydrogen (secondary N) is 1. The number of benzene rings is 5. The van der Waals surface area contributed by atoms with Crippen LogP contribution >= 0.6 is 15.9 Å². The maximum atomic E-state index is 15.6. The molecule has 2 spiro atoms. The third-order valence-electron chi connectivity index (χ3n) is 15.6. The monoisotopic (exact) mass is 967 g/mol. The van der Waals surface area contributed by atoms with Gasteiger partial charge in [-0.15, -0.1) is 0 Å². The maximum Gasteiger partial charge on any atom is 0.264 e. The first kappa shape index (κ1) is 44.5. The van der Waals surface area contributed by atoms with Gasteiger partial charge in [0.2, 0.25) is 5.91 Å². The van der Waals surface area contributed by atoms with E-state index in [0.29, 0.717) is 26.2 Å². The summed E-state index contributed by atoms with van der Waals surface area (Å²) in [6.07, 6.45) is 1.54. The number of carbonyl (C=O) groups excluding carboxylic acids is 3. The van der Waals surface area contributed by atoms with Crippen molar-refractivity contribution in [2.24, 2.45) is 5.92 Å². The number of aliphatic hydroxyl groups excluding tert-OH is 1. The molecule has 3 amide bonds. The summed E-state index contributed by atoms with van der Waals surface area (Å²) in [5.74, 6) is 0.341. The maximum absolute atomic E-state index is 15.6. The molecule has 5 atom stereocenters. The Bertz CT molecular complexity index is 2640. The average Bonchev–Trinajstić information content (AvgIpc) is 3.88. The molecule has 2 N–H and O–H groups in total. The second kappa shape index (κ2) is 17.4.